The molecule has 2 aliphatic rings. The maximum Gasteiger partial charge on any atom is 0.321 e. The van der Waals surface area contributed by atoms with Gasteiger partial charge in [-0.2, -0.15) is 0 Å². The third-order valence-electron chi connectivity index (χ3n) is 7.09. The number of carboxylic acid groups (broad SMARTS) is 1. The smallest absolute Gasteiger partial charge is 0.321 e. The summed E-state index contributed by atoms with van der Waals surface area (Å²) in [6, 6.07) is 7.38. The first-order valence-corrected chi connectivity index (χ1v) is 11.4. The van der Waals surface area contributed by atoms with Crippen LogP contribution in [-0.2, 0) is 14.9 Å². The molecule has 2 saturated heterocycles. The Morgan fingerprint density at radius 3 is 2.59 bits per heavy atom. The molecule has 172 valence electrons. The molecule has 0 bridgehead atoms. The van der Waals surface area contributed by atoms with E-state index in [2.05, 4.69) is 5.32 Å². The van der Waals surface area contributed by atoms with E-state index < -0.39 is 41.0 Å². The molecule has 8 heteroatoms. The lowest BCUT2D eigenvalue weighted by molar-refractivity contribution is -0.139. The molecule has 0 amide bonds. The van der Waals surface area contributed by atoms with E-state index in [0.717, 1.165) is 12.8 Å². The summed E-state index contributed by atoms with van der Waals surface area (Å²) >= 11 is 12.1. The first-order chi connectivity index (χ1) is 15.2. The van der Waals surface area contributed by atoms with Gasteiger partial charge in [0.15, 0.2) is 0 Å². The molecular weight excluding hydrogens is 459 g/mol. The highest BCUT2D eigenvalue weighted by Gasteiger charge is 2.57. The van der Waals surface area contributed by atoms with Gasteiger partial charge in [-0.15, -0.1) is 0 Å². The van der Waals surface area contributed by atoms with Crippen LogP contribution in [0.5, 0.6) is 0 Å². The number of hydrogen-bond donors (Lipinski definition) is 2. The van der Waals surface area contributed by atoms with Crippen molar-refractivity contribution in [1.82, 2.24) is 5.32 Å². The first-order valence-electron chi connectivity index (χ1n) is 10.7. The molecule has 2 N–H and O–H groups in total. The SMILES string of the molecule is CC1(c2ccc(Cl)cc2F)C(CC2CCOCC2)NC(C(=O)O)C1c1cccc(Cl)c1F. The third-order valence-corrected chi connectivity index (χ3v) is 7.61. The van der Waals surface area contributed by atoms with Gasteiger partial charge in [-0.3, -0.25) is 4.79 Å². The van der Waals surface area contributed by atoms with Crippen LogP contribution in [0.1, 0.15) is 43.2 Å². The van der Waals surface area contributed by atoms with Gasteiger partial charge in [0.05, 0.1) is 5.02 Å². The fourth-order valence-corrected chi connectivity index (χ4v) is 5.78. The third kappa shape index (κ3) is 4.14. The number of carboxylic acids is 1. The minimum absolute atomic E-state index is 0.0987. The van der Waals surface area contributed by atoms with E-state index in [4.69, 9.17) is 27.9 Å². The number of ether oxygens (including phenoxy) is 1. The van der Waals surface area contributed by atoms with Crippen LogP contribution in [-0.4, -0.2) is 36.4 Å². The highest BCUT2D eigenvalue weighted by atomic mass is 35.5. The summed E-state index contributed by atoms with van der Waals surface area (Å²) < 4.78 is 36.0. The Morgan fingerprint density at radius 1 is 1.22 bits per heavy atom. The molecule has 4 atom stereocenters. The Morgan fingerprint density at radius 2 is 1.94 bits per heavy atom. The van der Waals surface area contributed by atoms with Gasteiger partial charge in [-0.25, -0.2) is 8.78 Å². The molecule has 2 aromatic carbocycles. The molecule has 0 aromatic heterocycles. The Hall–Kier alpha value is -1.73. The van der Waals surface area contributed by atoms with Crippen molar-refractivity contribution in [1.29, 1.82) is 0 Å². The van der Waals surface area contributed by atoms with Crippen molar-refractivity contribution < 1.29 is 23.4 Å². The number of nitrogens with one attached hydrogen (secondary N) is 1. The van der Waals surface area contributed by atoms with Crippen LogP contribution in [0.4, 0.5) is 8.78 Å². The highest BCUT2D eigenvalue weighted by molar-refractivity contribution is 6.31. The van der Waals surface area contributed by atoms with Crippen molar-refractivity contribution in [2.45, 2.75) is 49.6 Å². The summed E-state index contributed by atoms with van der Waals surface area (Å²) in [6.45, 7) is 3.08. The number of halogens is 4. The molecule has 0 saturated carbocycles. The van der Waals surface area contributed by atoms with Crippen molar-refractivity contribution in [2.24, 2.45) is 5.92 Å². The Kier molecular flexibility index (Phi) is 6.78. The average Bonchev–Trinajstić information content (AvgIpc) is 3.04. The van der Waals surface area contributed by atoms with Gasteiger partial charge >= 0.3 is 5.97 Å². The lowest BCUT2D eigenvalue weighted by atomic mass is 9.63. The summed E-state index contributed by atoms with van der Waals surface area (Å²) in [7, 11) is 0. The lowest BCUT2D eigenvalue weighted by Gasteiger charge is -2.39. The molecule has 4 nitrogen and oxygen atoms in total. The number of carbonyl (C=O) groups is 1. The minimum Gasteiger partial charge on any atom is -0.480 e. The topological polar surface area (TPSA) is 58.6 Å². The molecule has 4 unspecified atom stereocenters. The van der Waals surface area contributed by atoms with E-state index in [1.54, 1.807) is 18.2 Å². The minimum atomic E-state index is -1.12. The fraction of sp³-hybridized carbons (Fsp3) is 0.458. The number of rotatable bonds is 5. The van der Waals surface area contributed by atoms with Crippen LogP contribution in [0, 0.1) is 17.6 Å². The van der Waals surface area contributed by atoms with E-state index in [9.17, 15) is 9.90 Å². The van der Waals surface area contributed by atoms with Gasteiger partial charge in [0.2, 0.25) is 0 Å². The molecule has 0 radical (unpaired) electrons. The normalized spacial score (nSPS) is 28.7. The van der Waals surface area contributed by atoms with E-state index in [1.807, 2.05) is 6.92 Å². The highest BCUT2D eigenvalue weighted by Crippen LogP contribution is 2.52. The second-order valence-electron chi connectivity index (χ2n) is 8.85. The van der Waals surface area contributed by atoms with Crippen molar-refractivity contribution in [3.63, 3.8) is 0 Å². The van der Waals surface area contributed by atoms with Gasteiger partial charge in [0.25, 0.3) is 0 Å². The maximum atomic E-state index is 15.3. The van der Waals surface area contributed by atoms with Crippen LogP contribution >= 0.6 is 23.2 Å². The fourth-order valence-electron chi connectivity index (χ4n) is 5.44. The van der Waals surface area contributed by atoms with Crippen molar-refractivity contribution in [3.8, 4) is 0 Å². The van der Waals surface area contributed by atoms with Gasteiger partial charge in [0, 0.05) is 35.6 Å². The summed E-state index contributed by atoms with van der Waals surface area (Å²) in [4.78, 5) is 12.3. The number of aliphatic carboxylic acids is 1. The molecule has 0 aliphatic carbocycles. The largest absolute Gasteiger partial charge is 0.480 e. The molecule has 0 spiro atoms. The summed E-state index contributed by atoms with van der Waals surface area (Å²) in [5.74, 6) is -2.95. The Bertz CT molecular complexity index is 1010. The van der Waals surface area contributed by atoms with Crippen LogP contribution in [0.15, 0.2) is 36.4 Å². The zero-order valence-electron chi connectivity index (χ0n) is 17.6. The number of hydrogen-bond acceptors (Lipinski definition) is 3. The maximum absolute atomic E-state index is 15.3. The first kappa shape index (κ1) is 23.4. The molecule has 2 aromatic rings. The molecule has 2 heterocycles. The van der Waals surface area contributed by atoms with Gasteiger partial charge in [-0.05, 0) is 54.5 Å². The Balaban J connectivity index is 1.88. The van der Waals surface area contributed by atoms with E-state index >= 15 is 8.78 Å². The van der Waals surface area contributed by atoms with Crippen molar-refractivity contribution in [2.75, 3.05) is 13.2 Å². The summed E-state index contributed by atoms with van der Waals surface area (Å²) in [5.41, 5.74) is -0.607. The second-order valence-corrected chi connectivity index (χ2v) is 9.70. The van der Waals surface area contributed by atoms with Crippen LogP contribution in [0.3, 0.4) is 0 Å². The van der Waals surface area contributed by atoms with Gasteiger partial charge in [-0.1, -0.05) is 48.3 Å². The molecule has 2 aliphatic heterocycles. The molecular formula is C24H25Cl2F2NO3. The standard InChI is InChI=1S/C24H25Cl2F2NO3/c1-24(16-6-5-14(25)12-18(16)27)19(11-13-7-9-32-10-8-13)29-22(23(30)31)20(24)15-3-2-4-17(26)21(15)28/h2-6,12-13,19-20,22,29H,7-11H2,1H3,(H,30,31). The monoisotopic (exact) mass is 483 g/mol. The van der Waals surface area contributed by atoms with Crippen molar-refractivity contribution in [3.05, 3.63) is 69.2 Å². The summed E-state index contributed by atoms with van der Waals surface area (Å²) in [6.07, 6.45) is 2.29. The average molecular weight is 484 g/mol. The van der Waals surface area contributed by atoms with Gasteiger partial charge in [0.1, 0.15) is 17.7 Å². The zero-order chi connectivity index (χ0) is 23.0. The van der Waals surface area contributed by atoms with Gasteiger partial charge < -0.3 is 15.2 Å². The Labute approximate surface area is 195 Å². The molecule has 4 rings (SSSR count). The van der Waals surface area contributed by atoms with Crippen LogP contribution in [0.25, 0.3) is 0 Å². The quantitative estimate of drug-likeness (QED) is 0.584. The van der Waals surface area contributed by atoms with E-state index in [0.29, 0.717) is 25.2 Å². The molecule has 2 fully saturated rings. The zero-order valence-corrected chi connectivity index (χ0v) is 19.1. The predicted molar refractivity (Wildman–Crippen MR) is 119 cm³/mol. The molecule has 32 heavy (non-hydrogen) atoms. The predicted octanol–water partition coefficient (Wildman–Crippen LogP) is 5.55. The van der Waals surface area contributed by atoms with E-state index in [1.165, 1.54) is 18.2 Å². The number of benzene rings is 2. The second kappa shape index (κ2) is 9.26. The summed E-state index contributed by atoms with van der Waals surface area (Å²) in [5, 5.41) is 13.4. The van der Waals surface area contributed by atoms with Crippen LogP contribution < -0.4 is 5.32 Å². The van der Waals surface area contributed by atoms with Crippen LogP contribution in [0.2, 0.25) is 10.0 Å². The lowest BCUT2D eigenvalue weighted by Crippen LogP contribution is -2.43. The van der Waals surface area contributed by atoms with E-state index in [-0.39, 0.29) is 21.5 Å². The van der Waals surface area contributed by atoms with Crippen molar-refractivity contribution >= 4 is 29.2 Å².